The van der Waals surface area contributed by atoms with Gasteiger partial charge in [-0.15, -0.1) is 0 Å². The van der Waals surface area contributed by atoms with Gasteiger partial charge >= 0.3 is 0 Å². The van der Waals surface area contributed by atoms with Gasteiger partial charge in [0.05, 0.1) is 13.7 Å². The molecule has 0 aromatic heterocycles. The second-order valence-electron chi connectivity index (χ2n) is 7.81. The van der Waals surface area contributed by atoms with E-state index in [0.29, 0.717) is 25.7 Å². The molecule has 0 aliphatic carbocycles. The first-order valence-electron chi connectivity index (χ1n) is 10.5. The minimum Gasteiger partial charge on any atom is -0.497 e. The van der Waals surface area contributed by atoms with E-state index in [9.17, 15) is 4.79 Å². The first-order chi connectivity index (χ1) is 13.6. The van der Waals surface area contributed by atoms with Gasteiger partial charge in [-0.1, -0.05) is 6.92 Å². The van der Waals surface area contributed by atoms with E-state index >= 15 is 0 Å². The highest BCUT2D eigenvalue weighted by molar-refractivity contribution is 5.78. The topological polar surface area (TPSA) is 51.2 Å². The van der Waals surface area contributed by atoms with Gasteiger partial charge in [-0.3, -0.25) is 9.69 Å². The fraction of sp³-hybridized carbons (Fsp3) is 0.682. The van der Waals surface area contributed by atoms with Gasteiger partial charge in [0.1, 0.15) is 17.6 Å². The number of ether oxygens (including phenoxy) is 3. The molecule has 0 saturated carbocycles. The minimum absolute atomic E-state index is 0.0908. The number of hydrogen-bond donors (Lipinski definition) is 0. The van der Waals surface area contributed by atoms with E-state index in [1.807, 2.05) is 18.2 Å². The third-order valence-electron chi connectivity index (χ3n) is 5.83. The Morgan fingerprint density at radius 3 is 2.89 bits per heavy atom. The average Bonchev–Trinajstić information content (AvgIpc) is 2.90. The van der Waals surface area contributed by atoms with E-state index in [2.05, 4.69) is 16.7 Å². The van der Waals surface area contributed by atoms with Crippen LogP contribution in [0.3, 0.4) is 0 Å². The Morgan fingerprint density at radius 2 is 2.14 bits per heavy atom. The number of fused-ring (bicyclic) bond motifs is 1. The summed E-state index contributed by atoms with van der Waals surface area (Å²) in [6, 6.07) is 6.24. The predicted octanol–water partition coefficient (Wildman–Crippen LogP) is 3.09. The van der Waals surface area contributed by atoms with Crippen LogP contribution >= 0.6 is 0 Å². The number of piperidine rings is 1. The number of carbonyl (C=O) groups is 1. The zero-order chi connectivity index (χ0) is 19.9. The quantitative estimate of drug-likeness (QED) is 0.716. The maximum Gasteiger partial charge on any atom is 0.237 e. The van der Waals surface area contributed by atoms with Crippen LogP contribution in [0, 0.1) is 0 Å². The van der Waals surface area contributed by atoms with Crippen LogP contribution in [0.5, 0.6) is 11.5 Å². The molecule has 1 aromatic carbocycles. The minimum atomic E-state index is 0.0908. The van der Waals surface area contributed by atoms with Crippen LogP contribution in [0.4, 0.5) is 0 Å². The van der Waals surface area contributed by atoms with Crippen LogP contribution in [0.2, 0.25) is 0 Å². The van der Waals surface area contributed by atoms with Crippen molar-refractivity contribution in [3.8, 4) is 11.5 Å². The Morgan fingerprint density at radius 1 is 1.29 bits per heavy atom. The normalized spacial score (nSPS) is 22.9. The molecule has 2 aliphatic heterocycles. The summed E-state index contributed by atoms with van der Waals surface area (Å²) < 4.78 is 16.8. The number of amides is 1. The third kappa shape index (κ3) is 5.17. The molecule has 0 bridgehead atoms. The van der Waals surface area contributed by atoms with Crippen molar-refractivity contribution in [2.75, 3.05) is 40.5 Å². The van der Waals surface area contributed by atoms with Crippen LogP contribution in [0.1, 0.15) is 44.6 Å². The fourth-order valence-corrected chi connectivity index (χ4v) is 4.23. The molecule has 1 aromatic rings. The van der Waals surface area contributed by atoms with E-state index in [1.165, 1.54) is 6.42 Å². The van der Waals surface area contributed by atoms with Crippen LogP contribution in [0.15, 0.2) is 18.2 Å². The molecule has 1 amide bonds. The van der Waals surface area contributed by atoms with Gasteiger partial charge in [-0.2, -0.15) is 0 Å². The lowest BCUT2D eigenvalue weighted by Gasteiger charge is -2.37. The van der Waals surface area contributed by atoms with Crippen LogP contribution in [-0.2, 0) is 16.1 Å². The summed E-state index contributed by atoms with van der Waals surface area (Å²) in [5.41, 5.74) is 1.08. The Kier molecular flexibility index (Phi) is 7.57. The van der Waals surface area contributed by atoms with E-state index in [-0.39, 0.29) is 12.0 Å². The molecular weight excluding hydrogens is 356 g/mol. The number of methoxy groups -OCH3 is 2. The lowest BCUT2D eigenvalue weighted by Crippen LogP contribution is -2.49. The Hall–Kier alpha value is -1.79. The lowest BCUT2D eigenvalue weighted by molar-refractivity contribution is -0.136. The fourth-order valence-electron chi connectivity index (χ4n) is 4.23. The molecule has 2 atom stereocenters. The highest BCUT2D eigenvalue weighted by Gasteiger charge is 2.29. The molecule has 6 heteroatoms. The second-order valence-corrected chi connectivity index (χ2v) is 7.81. The summed E-state index contributed by atoms with van der Waals surface area (Å²) in [5.74, 6) is 1.94. The van der Waals surface area contributed by atoms with Crippen LogP contribution in [-0.4, -0.2) is 68.3 Å². The Labute approximate surface area is 168 Å². The van der Waals surface area contributed by atoms with E-state index in [1.54, 1.807) is 14.2 Å². The zero-order valence-electron chi connectivity index (χ0n) is 17.5. The molecule has 2 unspecified atom stereocenters. The standard InChI is InChI=1S/C22H34N2O4/c1-4-19-15-23(14-17-13-20(27-3)8-9-21(17)28-19)16-22(25)24-11-6-5-7-18(24)10-12-26-2/h8-9,13,18-19H,4-7,10-12,14-16H2,1-3H3. The smallest absolute Gasteiger partial charge is 0.237 e. The lowest BCUT2D eigenvalue weighted by atomic mass is 9.99. The molecule has 2 heterocycles. The zero-order valence-corrected chi connectivity index (χ0v) is 17.5. The van der Waals surface area contributed by atoms with Crippen LogP contribution in [0.25, 0.3) is 0 Å². The molecule has 156 valence electrons. The summed E-state index contributed by atoms with van der Waals surface area (Å²) in [6.45, 7) is 5.59. The summed E-state index contributed by atoms with van der Waals surface area (Å²) in [6.07, 6.45) is 5.29. The molecule has 1 fully saturated rings. The maximum absolute atomic E-state index is 13.2. The highest BCUT2D eigenvalue weighted by atomic mass is 16.5. The van der Waals surface area contributed by atoms with Crippen molar-refractivity contribution >= 4 is 5.91 Å². The van der Waals surface area contributed by atoms with Gasteiger partial charge in [-0.05, 0) is 50.3 Å². The van der Waals surface area contributed by atoms with Crippen molar-refractivity contribution < 1.29 is 19.0 Å². The molecule has 28 heavy (non-hydrogen) atoms. The van der Waals surface area contributed by atoms with Gasteiger partial charge in [0.2, 0.25) is 5.91 Å². The first-order valence-corrected chi connectivity index (χ1v) is 10.5. The van der Waals surface area contributed by atoms with Gasteiger partial charge in [0.15, 0.2) is 0 Å². The first kappa shape index (κ1) is 20.9. The van der Waals surface area contributed by atoms with Crippen molar-refractivity contribution in [3.05, 3.63) is 23.8 Å². The molecule has 0 radical (unpaired) electrons. The number of carbonyl (C=O) groups excluding carboxylic acids is 1. The molecule has 0 spiro atoms. The monoisotopic (exact) mass is 390 g/mol. The van der Waals surface area contributed by atoms with Gasteiger partial charge < -0.3 is 19.1 Å². The number of nitrogens with zero attached hydrogens (tertiary/aromatic N) is 2. The van der Waals surface area contributed by atoms with Crippen molar-refractivity contribution in [1.82, 2.24) is 9.80 Å². The second kappa shape index (κ2) is 10.1. The van der Waals surface area contributed by atoms with E-state index in [0.717, 1.165) is 55.8 Å². The largest absolute Gasteiger partial charge is 0.497 e. The van der Waals surface area contributed by atoms with Gasteiger partial charge in [0, 0.05) is 45.0 Å². The van der Waals surface area contributed by atoms with Crippen LogP contribution < -0.4 is 9.47 Å². The molecule has 0 N–H and O–H groups in total. The molecule has 2 aliphatic rings. The Balaban J connectivity index is 1.71. The molecule has 1 saturated heterocycles. The average molecular weight is 391 g/mol. The summed E-state index contributed by atoms with van der Waals surface area (Å²) >= 11 is 0. The summed E-state index contributed by atoms with van der Waals surface area (Å²) in [7, 11) is 3.40. The van der Waals surface area contributed by atoms with Gasteiger partial charge in [0.25, 0.3) is 0 Å². The maximum atomic E-state index is 13.2. The number of likely N-dealkylation sites (tertiary alicyclic amines) is 1. The predicted molar refractivity (Wildman–Crippen MR) is 109 cm³/mol. The van der Waals surface area contributed by atoms with Gasteiger partial charge in [-0.25, -0.2) is 0 Å². The number of benzene rings is 1. The van der Waals surface area contributed by atoms with E-state index in [4.69, 9.17) is 14.2 Å². The Bertz CT molecular complexity index is 651. The van der Waals surface area contributed by atoms with Crippen molar-refractivity contribution in [2.24, 2.45) is 0 Å². The van der Waals surface area contributed by atoms with E-state index < -0.39 is 0 Å². The van der Waals surface area contributed by atoms with Crippen molar-refractivity contribution in [2.45, 2.75) is 57.7 Å². The van der Waals surface area contributed by atoms with Crippen molar-refractivity contribution in [3.63, 3.8) is 0 Å². The van der Waals surface area contributed by atoms with Crippen molar-refractivity contribution in [1.29, 1.82) is 0 Å². The molecule has 6 nitrogen and oxygen atoms in total. The SMILES string of the molecule is CCC1CN(CC(=O)N2CCCCC2CCOC)Cc2cc(OC)ccc2O1. The number of hydrogen-bond acceptors (Lipinski definition) is 5. The molecular formula is C22H34N2O4. The summed E-state index contributed by atoms with van der Waals surface area (Å²) in [5, 5.41) is 0. The number of rotatable bonds is 7. The third-order valence-corrected chi connectivity index (χ3v) is 5.83. The molecule has 3 rings (SSSR count). The highest BCUT2D eigenvalue weighted by Crippen LogP contribution is 2.30. The summed E-state index contributed by atoms with van der Waals surface area (Å²) in [4.78, 5) is 17.5.